The molecule has 1 N–H and O–H groups in total. The number of hydrogen-bond donors (Lipinski definition) is 1. The van der Waals surface area contributed by atoms with Crippen LogP contribution in [0.15, 0.2) is 97.2 Å². The lowest BCUT2D eigenvalue weighted by Gasteiger charge is -2.25. The molecule has 0 bridgehead atoms. The van der Waals surface area contributed by atoms with Crippen LogP contribution in [0.1, 0.15) is 348 Å². The summed E-state index contributed by atoms with van der Waals surface area (Å²) in [5.41, 5.74) is 0. The number of carboxylic acids is 1. The van der Waals surface area contributed by atoms with Crippen molar-refractivity contribution in [3.05, 3.63) is 97.2 Å². The Bertz CT molecular complexity index is 1820. The highest BCUT2D eigenvalue weighted by atomic mass is 16.7. The Balaban J connectivity index is 4.05. The molecular weight excluding hydrogens is 1130 g/mol. The van der Waals surface area contributed by atoms with E-state index in [-0.39, 0.29) is 32.2 Å². The van der Waals surface area contributed by atoms with Crippen molar-refractivity contribution in [3.63, 3.8) is 0 Å². The first-order valence-corrected chi connectivity index (χ1v) is 38.4. The summed E-state index contributed by atoms with van der Waals surface area (Å²) in [7, 11) is 5.99. The molecule has 0 spiro atoms. The lowest BCUT2D eigenvalue weighted by Crippen LogP contribution is -2.40. The number of allylic oxidation sites excluding steroid dienone is 16. The smallest absolute Gasteiger partial charge is 0.361 e. The number of nitrogens with zero attached hydrogens (tertiary/aromatic N) is 1. The SMILES string of the molecule is CC/C=C\C/C=C\C/C=C\C/C=C\C/C=C\C/C=C\C/C=C\C/C=C\CCCCCCCCCCCCCCCCC(=O)OC(COC(=O)CCCCCCCCCCCCCCCCCCCCCCCCCCCCC)COC(OCC[N+](C)(C)C)C(=O)O. The third kappa shape index (κ3) is 73.5. The van der Waals surface area contributed by atoms with E-state index in [0.29, 0.717) is 17.4 Å². The molecule has 526 valence electrons. The molecule has 0 aliphatic carbocycles. The molecule has 9 nitrogen and oxygen atoms in total. The van der Waals surface area contributed by atoms with Crippen LogP contribution in [0.3, 0.4) is 0 Å². The first-order valence-electron chi connectivity index (χ1n) is 38.4. The fraction of sp³-hybridized carbons (Fsp3) is 0.768. The van der Waals surface area contributed by atoms with Gasteiger partial charge in [0.15, 0.2) is 6.10 Å². The number of likely N-dealkylation sites (N-methyl/N-ethyl adjacent to an activating group) is 1. The second kappa shape index (κ2) is 72.0. The van der Waals surface area contributed by atoms with Gasteiger partial charge >= 0.3 is 17.9 Å². The van der Waals surface area contributed by atoms with Crippen LogP contribution >= 0.6 is 0 Å². The second-order valence-corrected chi connectivity index (χ2v) is 26.9. The topological polar surface area (TPSA) is 108 Å². The predicted molar refractivity (Wildman–Crippen MR) is 392 cm³/mol. The lowest BCUT2D eigenvalue weighted by atomic mass is 10.0. The zero-order valence-corrected chi connectivity index (χ0v) is 60.2. The minimum absolute atomic E-state index is 0.181. The van der Waals surface area contributed by atoms with Gasteiger partial charge in [-0.3, -0.25) is 9.59 Å². The summed E-state index contributed by atoms with van der Waals surface area (Å²) >= 11 is 0. The van der Waals surface area contributed by atoms with Crippen molar-refractivity contribution in [1.82, 2.24) is 0 Å². The number of esters is 2. The Kier molecular flexibility index (Phi) is 69.0. The maximum Gasteiger partial charge on any atom is 0.361 e. The van der Waals surface area contributed by atoms with Gasteiger partial charge in [0.2, 0.25) is 0 Å². The van der Waals surface area contributed by atoms with E-state index in [0.717, 1.165) is 89.9 Å². The maximum atomic E-state index is 13.0. The van der Waals surface area contributed by atoms with Gasteiger partial charge < -0.3 is 28.5 Å². The zero-order chi connectivity index (χ0) is 66.1. The van der Waals surface area contributed by atoms with E-state index < -0.39 is 24.3 Å². The molecule has 0 radical (unpaired) electrons. The third-order valence-corrected chi connectivity index (χ3v) is 16.9. The largest absolute Gasteiger partial charge is 0.477 e. The van der Waals surface area contributed by atoms with Crippen LogP contribution in [0.25, 0.3) is 0 Å². The summed E-state index contributed by atoms with van der Waals surface area (Å²) in [6, 6.07) is 0. The number of rotatable bonds is 71. The highest BCUT2D eigenvalue weighted by Gasteiger charge is 2.25. The normalized spacial score (nSPS) is 13.2. The van der Waals surface area contributed by atoms with Crippen molar-refractivity contribution in [2.45, 2.75) is 360 Å². The van der Waals surface area contributed by atoms with Gasteiger partial charge in [-0.2, -0.15) is 0 Å². The molecule has 0 fully saturated rings. The lowest BCUT2D eigenvalue weighted by molar-refractivity contribution is -0.870. The molecule has 0 rings (SSSR count). The molecular formula is C82H146NO8+. The van der Waals surface area contributed by atoms with Crippen LogP contribution in [-0.2, 0) is 33.3 Å². The quantitative estimate of drug-likeness (QED) is 0.0211. The fourth-order valence-corrected chi connectivity index (χ4v) is 11.0. The molecule has 0 heterocycles. The van der Waals surface area contributed by atoms with E-state index >= 15 is 0 Å². The predicted octanol–water partition coefficient (Wildman–Crippen LogP) is 24.4. The number of carboxylic acid groups (broad SMARTS) is 1. The van der Waals surface area contributed by atoms with Gasteiger partial charge in [0.05, 0.1) is 34.4 Å². The van der Waals surface area contributed by atoms with Gasteiger partial charge in [0.25, 0.3) is 6.29 Å². The number of carbonyl (C=O) groups excluding carboxylic acids is 2. The van der Waals surface area contributed by atoms with Gasteiger partial charge in [-0.05, 0) is 77.0 Å². The summed E-state index contributed by atoms with van der Waals surface area (Å²) in [4.78, 5) is 37.7. The molecule has 0 aromatic carbocycles. The van der Waals surface area contributed by atoms with Crippen molar-refractivity contribution >= 4 is 17.9 Å². The third-order valence-electron chi connectivity index (χ3n) is 16.9. The summed E-state index contributed by atoms with van der Waals surface area (Å²) in [6.45, 7) is 4.81. The molecule has 0 saturated heterocycles. The Morgan fingerprint density at radius 1 is 0.341 bits per heavy atom. The maximum absolute atomic E-state index is 13.0. The van der Waals surface area contributed by atoms with E-state index in [1.54, 1.807) is 0 Å². The standard InChI is InChI=1S/C82H145NO8/c1-6-8-10-12-14-16-18-20-22-24-26-28-30-32-34-35-36-37-38-39-40-41-42-43-44-45-47-49-51-53-55-57-59-61-63-65-67-69-71-73-80(85)91-78(77-90-82(81(86)87)88-75-74-83(3,4)5)76-89-79(84)72-70-68-66-64-62-60-58-56-54-52-50-48-46-33-31-29-27-25-23-21-19-17-15-13-11-9-7-2/h8,10,14,16,20,22,26,28,32,34,36-37,39-40,42-43,78,82H,6-7,9,11-13,15,17-19,21,23-25,27,29-31,33,35,38,41,44-77H2,1-5H3/p+1/b10-8-,16-14-,22-20-,28-26-,34-32-,37-36-,40-39-,43-42-. The first-order chi connectivity index (χ1) is 44.6. The number of carbonyl (C=O) groups is 3. The van der Waals surface area contributed by atoms with Crippen LogP contribution < -0.4 is 0 Å². The van der Waals surface area contributed by atoms with Gasteiger partial charge in [-0.25, -0.2) is 4.79 Å². The first kappa shape index (κ1) is 87.2. The van der Waals surface area contributed by atoms with Crippen molar-refractivity contribution < 1.29 is 42.9 Å². The van der Waals surface area contributed by atoms with Gasteiger partial charge in [0.1, 0.15) is 13.2 Å². The number of quaternary nitrogens is 1. The van der Waals surface area contributed by atoms with E-state index in [1.165, 1.54) is 231 Å². The zero-order valence-electron chi connectivity index (χ0n) is 60.2. The van der Waals surface area contributed by atoms with E-state index in [4.69, 9.17) is 18.9 Å². The molecule has 0 aliphatic rings. The monoisotopic (exact) mass is 1270 g/mol. The van der Waals surface area contributed by atoms with E-state index in [9.17, 15) is 19.5 Å². The summed E-state index contributed by atoms with van der Waals surface area (Å²) in [5.74, 6) is -1.99. The van der Waals surface area contributed by atoms with Crippen LogP contribution in [0.2, 0.25) is 0 Å². The Morgan fingerprint density at radius 3 is 0.934 bits per heavy atom. The Morgan fingerprint density at radius 2 is 0.626 bits per heavy atom. The molecule has 2 atom stereocenters. The average molecular weight is 1270 g/mol. The molecule has 2 unspecified atom stereocenters. The van der Waals surface area contributed by atoms with Crippen molar-refractivity contribution in [2.24, 2.45) is 0 Å². The van der Waals surface area contributed by atoms with Crippen LogP contribution in [0.4, 0.5) is 0 Å². The number of unbranched alkanes of at least 4 members (excludes halogenated alkanes) is 40. The highest BCUT2D eigenvalue weighted by molar-refractivity contribution is 5.71. The summed E-state index contributed by atoms with van der Waals surface area (Å²) in [6.07, 6.45) is 96.9. The number of ether oxygens (including phenoxy) is 4. The second-order valence-electron chi connectivity index (χ2n) is 26.9. The van der Waals surface area contributed by atoms with Crippen LogP contribution in [0.5, 0.6) is 0 Å². The van der Waals surface area contributed by atoms with Crippen LogP contribution in [0, 0.1) is 0 Å². The molecule has 0 aliphatic heterocycles. The van der Waals surface area contributed by atoms with E-state index in [2.05, 4.69) is 111 Å². The Hall–Kier alpha value is -3.79. The number of aliphatic carboxylic acids is 1. The molecule has 91 heavy (non-hydrogen) atoms. The molecule has 9 heteroatoms. The fourth-order valence-electron chi connectivity index (χ4n) is 11.0. The number of hydrogen-bond acceptors (Lipinski definition) is 7. The van der Waals surface area contributed by atoms with Gasteiger partial charge in [-0.1, -0.05) is 355 Å². The average Bonchev–Trinajstić information content (AvgIpc) is 3.46. The van der Waals surface area contributed by atoms with Crippen molar-refractivity contribution in [1.29, 1.82) is 0 Å². The summed E-state index contributed by atoms with van der Waals surface area (Å²) < 4.78 is 23.0. The molecule has 0 saturated carbocycles. The minimum Gasteiger partial charge on any atom is -0.477 e. The molecule has 0 aromatic heterocycles. The molecule has 0 aromatic rings. The van der Waals surface area contributed by atoms with E-state index in [1.807, 2.05) is 21.1 Å². The summed E-state index contributed by atoms with van der Waals surface area (Å²) in [5, 5.41) is 9.76. The molecule has 0 amide bonds. The van der Waals surface area contributed by atoms with Crippen LogP contribution in [-0.4, -0.2) is 87.4 Å². The van der Waals surface area contributed by atoms with Gasteiger partial charge in [-0.15, -0.1) is 0 Å². The van der Waals surface area contributed by atoms with Crippen molar-refractivity contribution in [3.8, 4) is 0 Å². The minimum atomic E-state index is -1.51. The van der Waals surface area contributed by atoms with Gasteiger partial charge in [0, 0.05) is 12.8 Å². The van der Waals surface area contributed by atoms with Crippen molar-refractivity contribution in [2.75, 3.05) is 47.5 Å². The highest BCUT2D eigenvalue weighted by Crippen LogP contribution is 2.19. The Labute approximate surface area is 562 Å².